The van der Waals surface area contributed by atoms with Gasteiger partial charge in [0.15, 0.2) is 0 Å². The van der Waals surface area contributed by atoms with Crippen LogP contribution in [-0.2, 0) is 11.2 Å². The van der Waals surface area contributed by atoms with Crippen molar-refractivity contribution in [3.05, 3.63) is 34.5 Å². The first-order valence-electron chi connectivity index (χ1n) is 4.60. The zero-order valence-corrected chi connectivity index (χ0v) is 10.6. The molecule has 0 aliphatic heterocycles. The minimum atomic E-state index is -1.03. The van der Waals surface area contributed by atoms with Crippen LogP contribution >= 0.6 is 11.6 Å². The highest BCUT2D eigenvalue weighted by atomic mass is 35.5. The van der Waals surface area contributed by atoms with Crippen LogP contribution in [0.25, 0.3) is 6.08 Å². The highest BCUT2D eigenvalue weighted by Crippen LogP contribution is 2.20. The zero-order valence-electron chi connectivity index (χ0n) is 9.03. The molecular weight excluding hydrogens is 230 g/mol. The molecule has 0 aliphatic carbocycles. The molecule has 15 heavy (non-hydrogen) atoms. The summed E-state index contributed by atoms with van der Waals surface area (Å²) < 4.78 is 11.5. The molecule has 1 atom stereocenters. The zero-order chi connectivity index (χ0) is 11.5. The number of rotatable bonds is 2. The topological polar surface area (TPSA) is 36.0 Å². The largest absolute Gasteiger partial charge is 0.611 e. The van der Waals surface area contributed by atoms with E-state index in [1.54, 1.807) is 29.8 Å². The van der Waals surface area contributed by atoms with E-state index in [1.165, 1.54) is 0 Å². The lowest BCUT2D eigenvalue weighted by Gasteiger charge is -2.20. The van der Waals surface area contributed by atoms with E-state index in [0.717, 1.165) is 0 Å². The van der Waals surface area contributed by atoms with Crippen molar-refractivity contribution in [1.82, 2.24) is 4.98 Å². The molecule has 1 aromatic rings. The first kappa shape index (κ1) is 12.6. The summed E-state index contributed by atoms with van der Waals surface area (Å²) in [6, 6.07) is 3.52. The summed E-state index contributed by atoms with van der Waals surface area (Å²) >= 11 is 4.88. The highest BCUT2D eigenvalue weighted by molar-refractivity contribution is 7.95. The van der Waals surface area contributed by atoms with Gasteiger partial charge in [0.25, 0.3) is 0 Å². The molecule has 0 amide bonds. The Bertz CT molecular complexity index is 360. The number of aromatic nitrogens is 1. The fraction of sp³-hybridized carbons (Fsp3) is 0.364. The van der Waals surface area contributed by atoms with Crippen LogP contribution in [0.15, 0.2) is 23.7 Å². The van der Waals surface area contributed by atoms with E-state index in [9.17, 15) is 4.55 Å². The van der Waals surface area contributed by atoms with Crippen molar-refractivity contribution in [2.75, 3.05) is 0 Å². The van der Waals surface area contributed by atoms with Gasteiger partial charge in [0.1, 0.15) is 10.2 Å². The first-order valence-corrected chi connectivity index (χ1v) is 6.20. The third-order valence-electron chi connectivity index (χ3n) is 1.74. The van der Waals surface area contributed by atoms with Gasteiger partial charge in [-0.2, -0.15) is 0 Å². The predicted molar refractivity (Wildman–Crippen MR) is 66.2 cm³/mol. The summed E-state index contributed by atoms with van der Waals surface area (Å²) in [6.07, 6.45) is 3.36. The van der Waals surface area contributed by atoms with Crippen LogP contribution in [0.3, 0.4) is 0 Å². The van der Waals surface area contributed by atoms with Gasteiger partial charge in [-0.15, -0.1) is 0 Å². The second-order valence-corrected chi connectivity index (χ2v) is 6.58. The fourth-order valence-corrected chi connectivity index (χ4v) is 1.70. The molecule has 0 fully saturated rings. The Morgan fingerprint density at radius 3 is 2.67 bits per heavy atom. The Balaban J connectivity index is 2.79. The summed E-state index contributed by atoms with van der Waals surface area (Å²) in [5.74, 6) is 0. The molecule has 0 radical (unpaired) electrons. The molecule has 0 spiro atoms. The van der Waals surface area contributed by atoms with Gasteiger partial charge in [-0.05, 0) is 44.1 Å². The minimum absolute atomic E-state index is 0.252. The van der Waals surface area contributed by atoms with Crippen LogP contribution in [0.5, 0.6) is 0 Å². The van der Waals surface area contributed by atoms with Gasteiger partial charge < -0.3 is 4.55 Å². The Labute approximate surface area is 98.5 Å². The van der Waals surface area contributed by atoms with Crippen LogP contribution in [-0.4, -0.2) is 14.3 Å². The van der Waals surface area contributed by atoms with Crippen molar-refractivity contribution < 1.29 is 4.55 Å². The van der Waals surface area contributed by atoms with Gasteiger partial charge in [-0.3, -0.25) is 4.98 Å². The minimum Gasteiger partial charge on any atom is -0.611 e. The van der Waals surface area contributed by atoms with Gasteiger partial charge in [0.05, 0.1) is 10.7 Å². The highest BCUT2D eigenvalue weighted by Gasteiger charge is 2.23. The summed E-state index contributed by atoms with van der Waals surface area (Å²) in [7, 11) is 0. The van der Waals surface area contributed by atoms with Crippen molar-refractivity contribution in [3.63, 3.8) is 0 Å². The van der Waals surface area contributed by atoms with Crippen molar-refractivity contribution in [2.45, 2.75) is 25.5 Å². The molecule has 0 unspecified atom stereocenters. The molecule has 1 aromatic heterocycles. The molecule has 0 aliphatic rings. The molecule has 82 valence electrons. The van der Waals surface area contributed by atoms with Gasteiger partial charge in [-0.25, -0.2) is 0 Å². The van der Waals surface area contributed by atoms with Crippen LogP contribution in [0.4, 0.5) is 0 Å². The number of halogens is 1. The first-order chi connectivity index (χ1) is 6.91. The molecule has 0 aromatic carbocycles. The Morgan fingerprint density at radius 2 is 2.13 bits per heavy atom. The number of hydrogen-bond donors (Lipinski definition) is 0. The van der Waals surface area contributed by atoms with Crippen molar-refractivity contribution >= 4 is 28.9 Å². The van der Waals surface area contributed by atoms with E-state index < -0.39 is 11.2 Å². The van der Waals surface area contributed by atoms with Crippen LogP contribution < -0.4 is 0 Å². The third kappa shape index (κ3) is 3.86. The SMILES string of the molecule is CC(C)(C)[S@@+]([O-])C=Cc1ncccc1Cl. The van der Waals surface area contributed by atoms with E-state index in [-0.39, 0.29) is 4.75 Å². The maximum Gasteiger partial charge on any atom is 0.122 e. The molecule has 2 nitrogen and oxygen atoms in total. The second kappa shape index (κ2) is 5.01. The maximum absolute atomic E-state index is 11.7. The third-order valence-corrected chi connectivity index (χ3v) is 3.65. The molecule has 1 heterocycles. The Morgan fingerprint density at radius 1 is 1.47 bits per heavy atom. The van der Waals surface area contributed by atoms with Crippen LogP contribution in [0.1, 0.15) is 26.5 Å². The van der Waals surface area contributed by atoms with E-state index in [4.69, 9.17) is 11.6 Å². The second-order valence-electron chi connectivity index (χ2n) is 4.08. The van der Waals surface area contributed by atoms with Crippen molar-refractivity contribution in [3.8, 4) is 0 Å². The van der Waals surface area contributed by atoms with Crippen molar-refractivity contribution in [1.29, 1.82) is 0 Å². The lowest BCUT2D eigenvalue weighted by atomic mass is 10.3. The molecule has 0 saturated heterocycles. The molecule has 0 N–H and O–H groups in total. The number of pyridine rings is 1. The fourth-order valence-electron chi connectivity index (χ4n) is 0.851. The Hall–Kier alpha value is -0.510. The lowest BCUT2D eigenvalue weighted by molar-refractivity contribution is 0.569. The standard InChI is InChI=1S/C11H14ClNOS/c1-11(2,3)15(14)8-6-10-9(12)5-4-7-13-10/h4-8H,1-3H3/t15-/m0/s1. The summed E-state index contributed by atoms with van der Waals surface area (Å²) in [6.45, 7) is 5.77. The average molecular weight is 244 g/mol. The Kier molecular flexibility index (Phi) is 4.20. The predicted octanol–water partition coefficient (Wildman–Crippen LogP) is 3.25. The quantitative estimate of drug-likeness (QED) is 0.748. The van der Waals surface area contributed by atoms with E-state index >= 15 is 0 Å². The van der Waals surface area contributed by atoms with Crippen LogP contribution in [0, 0.1) is 0 Å². The normalized spacial score (nSPS) is 14.5. The average Bonchev–Trinajstić information content (AvgIpc) is 2.14. The summed E-state index contributed by atoms with van der Waals surface area (Å²) in [5, 5.41) is 2.20. The van der Waals surface area contributed by atoms with Crippen LogP contribution in [0.2, 0.25) is 5.02 Å². The molecule has 0 saturated carbocycles. The maximum atomic E-state index is 11.7. The van der Waals surface area contributed by atoms with Gasteiger partial charge in [0, 0.05) is 12.3 Å². The lowest BCUT2D eigenvalue weighted by Crippen LogP contribution is -2.25. The van der Waals surface area contributed by atoms with Gasteiger partial charge in [0.2, 0.25) is 0 Å². The van der Waals surface area contributed by atoms with Gasteiger partial charge in [-0.1, -0.05) is 11.6 Å². The number of hydrogen-bond acceptors (Lipinski definition) is 2. The smallest absolute Gasteiger partial charge is 0.122 e. The monoisotopic (exact) mass is 243 g/mol. The van der Waals surface area contributed by atoms with E-state index in [2.05, 4.69) is 4.98 Å². The van der Waals surface area contributed by atoms with E-state index in [1.807, 2.05) is 20.8 Å². The molecule has 0 bridgehead atoms. The summed E-state index contributed by atoms with van der Waals surface area (Å²) in [4.78, 5) is 4.08. The summed E-state index contributed by atoms with van der Waals surface area (Å²) in [5.41, 5.74) is 0.650. The number of nitrogens with zero attached hydrogens (tertiary/aromatic N) is 1. The molecule has 1 rings (SSSR count). The van der Waals surface area contributed by atoms with Gasteiger partial charge >= 0.3 is 0 Å². The molecule has 4 heteroatoms. The van der Waals surface area contributed by atoms with E-state index in [0.29, 0.717) is 10.7 Å². The molecular formula is C11H14ClNOS. The van der Waals surface area contributed by atoms with Crippen molar-refractivity contribution in [2.24, 2.45) is 0 Å².